The van der Waals surface area contributed by atoms with Crippen molar-refractivity contribution in [2.24, 2.45) is 11.8 Å². The van der Waals surface area contributed by atoms with Crippen LogP contribution in [0.3, 0.4) is 0 Å². The summed E-state index contributed by atoms with van der Waals surface area (Å²) >= 11 is 0. The monoisotopic (exact) mass is 440 g/mol. The van der Waals surface area contributed by atoms with Gasteiger partial charge in [0, 0.05) is 11.1 Å². The standard InChI is InChI=1S/C29H35F3/c1-3-5-6-7-19-8-10-21(11-9-19)22-13-15-24-23(18-22)14-17-25(28(24)31)26-16-12-20(4-2)27(30)29(26)32/h12,14,16-19,21H,3-11,13,15H2,1-2H3. The Hall–Kier alpha value is -2.03. The fraction of sp³-hybridized carbons (Fsp3) is 0.517. The van der Waals surface area contributed by atoms with Crippen molar-refractivity contribution in [2.45, 2.75) is 84.5 Å². The first kappa shape index (κ1) is 23.1. The predicted molar refractivity (Wildman–Crippen MR) is 127 cm³/mol. The average Bonchev–Trinajstić information content (AvgIpc) is 2.82. The summed E-state index contributed by atoms with van der Waals surface area (Å²) in [6, 6.07) is 6.56. The summed E-state index contributed by atoms with van der Waals surface area (Å²) in [6.07, 6.45) is 14.5. The van der Waals surface area contributed by atoms with Gasteiger partial charge in [-0.15, -0.1) is 0 Å². The number of halogens is 3. The lowest BCUT2D eigenvalue weighted by Gasteiger charge is -2.32. The zero-order valence-electron chi connectivity index (χ0n) is 19.5. The molecule has 0 bridgehead atoms. The third-order valence-corrected chi connectivity index (χ3v) is 7.70. The first-order valence-electron chi connectivity index (χ1n) is 12.5. The van der Waals surface area contributed by atoms with Crippen LogP contribution in [0.4, 0.5) is 13.2 Å². The van der Waals surface area contributed by atoms with Crippen molar-refractivity contribution in [2.75, 3.05) is 0 Å². The molecule has 0 radical (unpaired) electrons. The second-order valence-electron chi connectivity index (χ2n) is 9.68. The fourth-order valence-corrected chi connectivity index (χ4v) is 5.67. The van der Waals surface area contributed by atoms with E-state index in [-0.39, 0.29) is 11.1 Å². The van der Waals surface area contributed by atoms with Gasteiger partial charge in [-0.25, -0.2) is 13.2 Å². The third kappa shape index (κ3) is 4.67. The fourth-order valence-electron chi connectivity index (χ4n) is 5.67. The first-order chi connectivity index (χ1) is 15.5. The molecule has 3 heteroatoms. The molecule has 1 fully saturated rings. The number of unbranched alkanes of at least 4 members (excludes halogenated alkanes) is 2. The highest BCUT2D eigenvalue weighted by molar-refractivity contribution is 5.71. The van der Waals surface area contributed by atoms with Crippen molar-refractivity contribution in [1.29, 1.82) is 0 Å². The molecule has 0 atom stereocenters. The molecular formula is C29H35F3. The van der Waals surface area contributed by atoms with Crippen LogP contribution < -0.4 is 0 Å². The number of fused-ring (bicyclic) bond motifs is 1. The molecule has 1 saturated carbocycles. The van der Waals surface area contributed by atoms with Gasteiger partial charge in [0.2, 0.25) is 0 Å². The summed E-state index contributed by atoms with van der Waals surface area (Å²) < 4.78 is 44.3. The molecule has 0 aromatic heterocycles. The number of benzene rings is 2. The van der Waals surface area contributed by atoms with Gasteiger partial charge in [0.25, 0.3) is 0 Å². The number of hydrogen-bond donors (Lipinski definition) is 0. The number of aryl methyl sites for hydroxylation is 1. The van der Waals surface area contributed by atoms with Gasteiger partial charge >= 0.3 is 0 Å². The van der Waals surface area contributed by atoms with Gasteiger partial charge < -0.3 is 0 Å². The van der Waals surface area contributed by atoms with E-state index in [1.807, 2.05) is 6.07 Å². The minimum atomic E-state index is -0.953. The summed E-state index contributed by atoms with van der Waals surface area (Å²) in [5, 5.41) is 0. The van der Waals surface area contributed by atoms with Crippen LogP contribution >= 0.6 is 0 Å². The molecule has 32 heavy (non-hydrogen) atoms. The van der Waals surface area contributed by atoms with Gasteiger partial charge in [0.1, 0.15) is 5.82 Å². The van der Waals surface area contributed by atoms with Gasteiger partial charge in [-0.05, 0) is 73.5 Å². The van der Waals surface area contributed by atoms with Crippen molar-refractivity contribution in [3.8, 4) is 11.1 Å². The van der Waals surface area contributed by atoms with Crippen molar-refractivity contribution in [3.05, 3.63) is 64.0 Å². The highest BCUT2D eigenvalue weighted by Crippen LogP contribution is 2.41. The predicted octanol–water partition coefficient (Wildman–Crippen LogP) is 9.05. The Balaban J connectivity index is 1.51. The lowest BCUT2D eigenvalue weighted by molar-refractivity contribution is 0.279. The SMILES string of the molecule is CCCCCC1CCC(C2=Cc3ccc(-c4ccc(CC)c(F)c4F)c(F)c3CC2)CC1. The minimum Gasteiger partial charge on any atom is -0.206 e. The van der Waals surface area contributed by atoms with Gasteiger partial charge in [0.05, 0.1) is 0 Å². The smallest absolute Gasteiger partial charge is 0.167 e. The maximum atomic E-state index is 15.4. The maximum Gasteiger partial charge on any atom is 0.167 e. The second-order valence-corrected chi connectivity index (χ2v) is 9.68. The molecule has 0 unspecified atom stereocenters. The van der Waals surface area contributed by atoms with Crippen LogP contribution in [0.15, 0.2) is 29.8 Å². The molecule has 0 nitrogen and oxygen atoms in total. The van der Waals surface area contributed by atoms with Crippen molar-refractivity contribution in [3.63, 3.8) is 0 Å². The van der Waals surface area contributed by atoms with Gasteiger partial charge in [-0.2, -0.15) is 0 Å². The Labute approximate surface area is 190 Å². The molecule has 4 rings (SSSR count). The lowest BCUT2D eigenvalue weighted by Crippen LogP contribution is -2.18. The molecule has 0 aliphatic heterocycles. The molecule has 2 aromatic rings. The summed E-state index contributed by atoms with van der Waals surface area (Å²) in [5.41, 5.74) is 3.48. The van der Waals surface area contributed by atoms with Crippen LogP contribution in [0.5, 0.6) is 0 Å². The Morgan fingerprint density at radius 2 is 1.50 bits per heavy atom. The van der Waals surface area contributed by atoms with Gasteiger partial charge in [0.15, 0.2) is 11.6 Å². The number of allylic oxidation sites excluding steroid dienone is 1. The number of rotatable bonds is 7. The maximum absolute atomic E-state index is 15.4. The van der Waals surface area contributed by atoms with E-state index >= 15 is 4.39 Å². The highest BCUT2D eigenvalue weighted by Gasteiger charge is 2.27. The van der Waals surface area contributed by atoms with Crippen molar-refractivity contribution < 1.29 is 13.2 Å². The summed E-state index contributed by atoms with van der Waals surface area (Å²) in [7, 11) is 0. The van der Waals surface area contributed by atoms with Crippen LogP contribution in [0.2, 0.25) is 0 Å². The van der Waals surface area contributed by atoms with E-state index in [0.29, 0.717) is 29.9 Å². The molecule has 0 spiro atoms. The highest BCUT2D eigenvalue weighted by atomic mass is 19.2. The molecule has 0 amide bonds. The van der Waals surface area contributed by atoms with Crippen molar-refractivity contribution >= 4 is 6.08 Å². The quantitative estimate of drug-likeness (QED) is 0.377. The normalized spacial score (nSPS) is 20.7. The van der Waals surface area contributed by atoms with E-state index in [4.69, 9.17) is 0 Å². The number of hydrogen-bond acceptors (Lipinski definition) is 0. The summed E-state index contributed by atoms with van der Waals surface area (Å²) in [5.74, 6) is -0.731. The van der Waals surface area contributed by atoms with E-state index in [0.717, 1.165) is 17.9 Å². The molecular weight excluding hydrogens is 405 g/mol. The first-order valence-corrected chi connectivity index (χ1v) is 12.5. The van der Waals surface area contributed by atoms with Crippen LogP contribution in [0, 0.1) is 29.3 Å². The zero-order chi connectivity index (χ0) is 22.7. The minimum absolute atomic E-state index is 0.0103. The lowest BCUT2D eigenvalue weighted by atomic mass is 9.74. The zero-order valence-corrected chi connectivity index (χ0v) is 19.5. The Bertz CT molecular complexity index is 980. The van der Waals surface area contributed by atoms with E-state index in [9.17, 15) is 8.78 Å². The van der Waals surface area contributed by atoms with E-state index < -0.39 is 17.5 Å². The Morgan fingerprint density at radius 3 is 2.22 bits per heavy atom. The summed E-state index contributed by atoms with van der Waals surface area (Å²) in [4.78, 5) is 0. The third-order valence-electron chi connectivity index (χ3n) is 7.70. The van der Waals surface area contributed by atoms with Gasteiger partial charge in [-0.3, -0.25) is 0 Å². The van der Waals surface area contributed by atoms with Crippen LogP contribution in [-0.2, 0) is 12.8 Å². The molecule has 0 N–H and O–H groups in total. The topological polar surface area (TPSA) is 0 Å². The van der Waals surface area contributed by atoms with Crippen LogP contribution in [0.1, 0.15) is 88.3 Å². The molecule has 2 aliphatic rings. The molecule has 0 heterocycles. The largest absolute Gasteiger partial charge is 0.206 e. The molecule has 172 valence electrons. The molecule has 0 saturated heterocycles. The summed E-state index contributed by atoms with van der Waals surface area (Å²) in [6.45, 7) is 4.03. The van der Waals surface area contributed by atoms with E-state index in [1.54, 1.807) is 19.1 Å². The van der Waals surface area contributed by atoms with Crippen LogP contribution in [-0.4, -0.2) is 0 Å². The molecule has 2 aromatic carbocycles. The second kappa shape index (κ2) is 10.3. The Morgan fingerprint density at radius 1 is 0.781 bits per heavy atom. The Kier molecular flexibility index (Phi) is 7.43. The average molecular weight is 441 g/mol. The van der Waals surface area contributed by atoms with E-state index in [1.165, 1.54) is 63.0 Å². The molecule has 2 aliphatic carbocycles. The van der Waals surface area contributed by atoms with Crippen LogP contribution in [0.25, 0.3) is 17.2 Å². The van der Waals surface area contributed by atoms with Gasteiger partial charge in [-0.1, -0.05) is 75.4 Å². The van der Waals surface area contributed by atoms with Crippen molar-refractivity contribution in [1.82, 2.24) is 0 Å². The van der Waals surface area contributed by atoms with E-state index in [2.05, 4.69) is 13.0 Å².